The van der Waals surface area contributed by atoms with Crippen LogP contribution in [-0.4, -0.2) is 105 Å². The number of nitrogens with one attached hydrogen (secondary N) is 2. The second kappa shape index (κ2) is 16.5. The third kappa shape index (κ3) is 9.84. The van der Waals surface area contributed by atoms with Crippen molar-refractivity contribution in [2.45, 2.75) is 56.1 Å². The van der Waals surface area contributed by atoms with Crippen molar-refractivity contribution in [2.75, 3.05) is 40.5 Å². The third-order valence-corrected chi connectivity index (χ3v) is 9.49. The van der Waals surface area contributed by atoms with Crippen LogP contribution in [0.2, 0.25) is 0 Å². The standard InChI is InChI=1S/C31H41N5O6S.CH2O3/c1-5-42-31(38)27-15-20(2)11-14-36(27)30(37)26(17-21-7-6-8-23(16-21)29(32)33)34-43(39,40)24-10-9-22-12-13-35(3)28(19-41-4)25(22)18-24;2-1(3)4/h6-11,16,18,26-28,34H,5,12-15,17,19H2,1-4H3,(H3,32,33);(H2,2,3,4)/t26-,27+,28-;/m0./s1. The van der Waals surface area contributed by atoms with Gasteiger partial charge >= 0.3 is 12.1 Å². The minimum atomic E-state index is -4.19. The number of amidine groups is 1. The number of carboxylic acid groups (broad SMARTS) is 2. The van der Waals surface area contributed by atoms with Crippen LogP contribution in [0.25, 0.3) is 0 Å². The quantitative estimate of drug-likeness (QED) is 0.101. The molecule has 0 aliphatic carbocycles. The largest absolute Gasteiger partial charge is 0.503 e. The van der Waals surface area contributed by atoms with Crippen LogP contribution in [0.15, 0.2) is 59.0 Å². The highest BCUT2D eigenvalue weighted by Gasteiger charge is 2.38. The van der Waals surface area contributed by atoms with Crippen LogP contribution in [0, 0.1) is 5.41 Å². The Morgan fingerprint density at radius 3 is 2.51 bits per heavy atom. The van der Waals surface area contributed by atoms with Crippen molar-refractivity contribution < 1.29 is 42.5 Å². The van der Waals surface area contributed by atoms with Gasteiger partial charge in [-0.2, -0.15) is 4.72 Å². The molecular formula is C32H43N5O9S. The van der Waals surface area contributed by atoms with E-state index in [4.69, 9.17) is 35.6 Å². The number of hydrogen-bond donors (Lipinski definition) is 5. The van der Waals surface area contributed by atoms with Gasteiger partial charge in [-0.1, -0.05) is 35.9 Å². The first-order valence-electron chi connectivity index (χ1n) is 15.0. The van der Waals surface area contributed by atoms with Gasteiger partial charge in [-0.25, -0.2) is 18.0 Å². The number of nitrogens with zero attached hydrogens (tertiary/aromatic N) is 2. The van der Waals surface area contributed by atoms with Gasteiger partial charge in [0.1, 0.15) is 17.9 Å². The zero-order valence-electron chi connectivity index (χ0n) is 26.9. The van der Waals surface area contributed by atoms with Gasteiger partial charge in [0, 0.05) is 25.8 Å². The Bertz CT molecular complexity index is 1610. The Kier molecular flexibility index (Phi) is 13.0. The molecule has 2 aromatic rings. The van der Waals surface area contributed by atoms with E-state index in [1.807, 2.05) is 26.1 Å². The number of rotatable bonds is 11. The summed E-state index contributed by atoms with van der Waals surface area (Å²) >= 11 is 0. The molecule has 14 nitrogen and oxygen atoms in total. The number of carbonyl (C=O) groups excluding carboxylic acids is 2. The fraction of sp³-hybridized carbons (Fsp3) is 0.438. The van der Waals surface area contributed by atoms with E-state index in [9.17, 15) is 18.0 Å². The first-order chi connectivity index (χ1) is 22.2. The van der Waals surface area contributed by atoms with Gasteiger partial charge in [-0.15, -0.1) is 0 Å². The number of carbonyl (C=O) groups is 3. The first-order valence-corrected chi connectivity index (χ1v) is 16.5. The normalized spacial score (nSPS) is 18.6. The molecule has 2 aliphatic heterocycles. The van der Waals surface area contributed by atoms with Gasteiger partial charge in [0.05, 0.1) is 24.2 Å². The molecule has 0 saturated carbocycles. The molecule has 4 rings (SSSR count). The molecule has 15 heteroatoms. The van der Waals surface area contributed by atoms with Crippen LogP contribution in [0.1, 0.15) is 48.6 Å². The number of sulfonamides is 1. The minimum Gasteiger partial charge on any atom is -0.464 e. The maximum absolute atomic E-state index is 14.1. The number of amides is 1. The van der Waals surface area contributed by atoms with Crippen molar-refractivity contribution in [3.8, 4) is 0 Å². The van der Waals surface area contributed by atoms with Gasteiger partial charge in [-0.3, -0.25) is 15.1 Å². The predicted molar refractivity (Wildman–Crippen MR) is 174 cm³/mol. The fourth-order valence-electron chi connectivity index (χ4n) is 5.65. The van der Waals surface area contributed by atoms with E-state index in [0.29, 0.717) is 24.2 Å². The molecular weight excluding hydrogens is 630 g/mol. The summed E-state index contributed by atoms with van der Waals surface area (Å²) in [6, 6.07) is 9.58. The van der Waals surface area contributed by atoms with E-state index < -0.39 is 40.1 Å². The summed E-state index contributed by atoms with van der Waals surface area (Å²) in [6.07, 6.45) is 1.08. The zero-order chi connectivity index (χ0) is 34.9. The molecule has 2 heterocycles. The van der Waals surface area contributed by atoms with E-state index in [2.05, 4.69) is 9.62 Å². The van der Waals surface area contributed by atoms with Gasteiger partial charge in [0.25, 0.3) is 0 Å². The molecule has 0 fully saturated rings. The molecule has 0 saturated heterocycles. The topological polar surface area (TPSA) is 213 Å². The molecule has 47 heavy (non-hydrogen) atoms. The maximum Gasteiger partial charge on any atom is 0.503 e. The number of fused-ring (bicyclic) bond motifs is 1. The van der Waals surface area contributed by atoms with Crippen LogP contribution in [0.5, 0.6) is 0 Å². The highest BCUT2D eigenvalue weighted by atomic mass is 32.2. The molecule has 0 radical (unpaired) electrons. The zero-order valence-corrected chi connectivity index (χ0v) is 27.7. The van der Waals surface area contributed by atoms with Crippen molar-refractivity contribution in [3.63, 3.8) is 0 Å². The molecule has 0 unspecified atom stereocenters. The predicted octanol–water partition coefficient (Wildman–Crippen LogP) is 2.37. The van der Waals surface area contributed by atoms with Gasteiger partial charge in [-0.05, 0) is 75.0 Å². The summed E-state index contributed by atoms with van der Waals surface area (Å²) in [6.45, 7) is 5.11. The maximum atomic E-state index is 14.1. The summed E-state index contributed by atoms with van der Waals surface area (Å²) in [4.78, 5) is 39.1. The van der Waals surface area contributed by atoms with Crippen molar-refractivity contribution in [1.82, 2.24) is 14.5 Å². The molecule has 6 N–H and O–H groups in total. The van der Waals surface area contributed by atoms with Crippen LogP contribution in [-0.2, 0) is 41.9 Å². The van der Waals surface area contributed by atoms with E-state index in [1.165, 1.54) is 4.90 Å². The SMILES string of the molecule is CCOC(=O)[C@H]1CC(C)=CCN1C(=O)[C@H](Cc1cccc(C(=N)N)c1)NS(=O)(=O)c1ccc2c(c1)[C@H](COC)N(C)CC2.O=C(O)O. The van der Waals surface area contributed by atoms with E-state index >= 15 is 0 Å². The smallest absolute Gasteiger partial charge is 0.464 e. The molecule has 256 valence electrons. The van der Waals surface area contributed by atoms with Crippen molar-refractivity contribution in [1.29, 1.82) is 5.41 Å². The monoisotopic (exact) mass is 673 g/mol. The molecule has 0 spiro atoms. The van der Waals surface area contributed by atoms with Crippen LogP contribution in [0.4, 0.5) is 4.79 Å². The summed E-state index contributed by atoms with van der Waals surface area (Å²) in [5.74, 6) is -1.23. The fourth-order valence-corrected chi connectivity index (χ4v) is 6.88. The Morgan fingerprint density at radius 1 is 1.17 bits per heavy atom. The summed E-state index contributed by atoms with van der Waals surface area (Å²) in [5.41, 5.74) is 9.62. The highest BCUT2D eigenvalue weighted by Crippen LogP contribution is 2.31. The number of esters is 1. The average molecular weight is 674 g/mol. The number of nitrogen functional groups attached to an aromatic ring is 1. The molecule has 3 atom stereocenters. The highest BCUT2D eigenvalue weighted by molar-refractivity contribution is 7.89. The second-order valence-electron chi connectivity index (χ2n) is 11.4. The number of nitrogens with two attached hydrogens (primary N) is 1. The first kappa shape index (κ1) is 37.2. The summed E-state index contributed by atoms with van der Waals surface area (Å²) in [7, 11) is -0.603. The minimum absolute atomic E-state index is 0.0199. The van der Waals surface area contributed by atoms with Crippen LogP contribution in [0.3, 0.4) is 0 Å². The van der Waals surface area contributed by atoms with Crippen molar-refractivity contribution in [2.24, 2.45) is 5.73 Å². The number of likely N-dealkylation sites (N-methyl/N-ethyl adjacent to an activating group) is 1. The molecule has 1 amide bonds. The lowest BCUT2D eigenvalue weighted by molar-refractivity contribution is -0.155. The van der Waals surface area contributed by atoms with Gasteiger partial charge < -0.3 is 30.3 Å². The number of benzene rings is 2. The Balaban J connectivity index is 0.00000142. The molecule has 2 aliphatic rings. The number of hydrogen-bond acceptors (Lipinski definition) is 9. The Hall–Kier alpha value is -4.31. The Labute approximate surface area is 274 Å². The van der Waals surface area contributed by atoms with Crippen molar-refractivity contribution >= 4 is 33.9 Å². The summed E-state index contributed by atoms with van der Waals surface area (Å²) in [5, 5.41) is 21.7. The second-order valence-corrected chi connectivity index (χ2v) is 13.1. The van der Waals surface area contributed by atoms with Gasteiger partial charge in [0.15, 0.2) is 0 Å². The average Bonchev–Trinajstić information content (AvgIpc) is 3.01. The molecule has 0 aromatic heterocycles. The lowest BCUT2D eigenvalue weighted by Gasteiger charge is -2.36. The van der Waals surface area contributed by atoms with E-state index in [-0.39, 0.29) is 36.3 Å². The van der Waals surface area contributed by atoms with E-state index in [0.717, 1.165) is 29.7 Å². The van der Waals surface area contributed by atoms with E-state index in [1.54, 1.807) is 50.4 Å². The number of methoxy groups -OCH3 is 1. The summed E-state index contributed by atoms with van der Waals surface area (Å²) < 4.78 is 41.2. The van der Waals surface area contributed by atoms with Crippen molar-refractivity contribution in [3.05, 3.63) is 76.4 Å². The lowest BCUT2D eigenvalue weighted by Crippen LogP contribution is -2.56. The molecule has 2 aromatic carbocycles. The lowest BCUT2D eigenvalue weighted by atomic mass is 9.93. The van der Waals surface area contributed by atoms with Crippen LogP contribution >= 0.6 is 0 Å². The van der Waals surface area contributed by atoms with Crippen LogP contribution < -0.4 is 10.5 Å². The van der Waals surface area contributed by atoms with Gasteiger partial charge in [0.2, 0.25) is 15.9 Å². The number of ether oxygens (including phenoxy) is 2. The Morgan fingerprint density at radius 2 is 1.87 bits per heavy atom. The third-order valence-electron chi connectivity index (χ3n) is 8.02. The molecule has 0 bridgehead atoms.